The summed E-state index contributed by atoms with van der Waals surface area (Å²) in [6.07, 6.45) is 0.690. The van der Waals surface area contributed by atoms with Crippen molar-refractivity contribution in [3.63, 3.8) is 0 Å². The molecule has 2 aromatic carbocycles. The number of aryl methyl sites for hydroxylation is 1. The summed E-state index contributed by atoms with van der Waals surface area (Å²) in [6.45, 7) is 9.07. The van der Waals surface area contributed by atoms with E-state index < -0.39 is 23.7 Å². The first-order valence-corrected chi connectivity index (χ1v) is 11.6. The Morgan fingerprint density at radius 1 is 1.00 bits per heavy atom. The summed E-state index contributed by atoms with van der Waals surface area (Å²) in [4.78, 5) is 41.8. The maximum absolute atomic E-state index is 13.1. The van der Waals surface area contributed by atoms with Crippen molar-refractivity contribution < 1.29 is 24.2 Å². The number of aliphatic hydroxyl groups excluding tert-OH is 1. The van der Waals surface area contributed by atoms with Crippen LogP contribution in [0.5, 0.6) is 0 Å². The Morgan fingerprint density at radius 3 is 2.15 bits per heavy atom. The van der Waals surface area contributed by atoms with Crippen molar-refractivity contribution in [1.29, 1.82) is 0 Å². The summed E-state index contributed by atoms with van der Waals surface area (Å²) in [5.41, 5.74) is 2.56. The molecule has 1 unspecified atom stereocenters. The van der Waals surface area contributed by atoms with Crippen LogP contribution in [0.4, 0.5) is 0 Å². The van der Waals surface area contributed by atoms with Crippen molar-refractivity contribution in [3.05, 3.63) is 76.4 Å². The molecule has 0 aromatic heterocycles. The van der Waals surface area contributed by atoms with Crippen molar-refractivity contribution in [3.8, 4) is 0 Å². The Morgan fingerprint density at radius 2 is 1.59 bits per heavy atom. The average molecular weight is 465 g/mol. The lowest BCUT2D eigenvalue weighted by Gasteiger charge is -2.27. The smallest absolute Gasteiger partial charge is 0.337 e. The molecule has 2 aromatic rings. The summed E-state index contributed by atoms with van der Waals surface area (Å²) in [7, 11) is 1.31. The van der Waals surface area contributed by atoms with E-state index in [1.54, 1.807) is 36.4 Å². The van der Waals surface area contributed by atoms with Gasteiger partial charge >= 0.3 is 5.97 Å². The number of ketones is 1. The molecule has 0 radical (unpaired) electrons. The molecule has 1 saturated heterocycles. The molecule has 180 valence electrons. The van der Waals surface area contributed by atoms with E-state index in [1.165, 1.54) is 12.0 Å². The number of carbonyl (C=O) groups excluding carboxylic acids is 3. The van der Waals surface area contributed by atoms with Gasteiger partial charge in [0.05, 0.1) is 24.3 Å². The van der Waals surface area contributed by atoms with E-state index in [0.717, 1.165) is 25.2 Å². The minimum Gasteiger partial charge on any atom is -0.507 e. The molecule has 1 fully saturated rings. The monoisotopic (exact) mass is 464 g/mol. The van der Waals surface area contributed by atoms with E-state index in [4.69, 9.17) is 4.74 Å². The Labute approximate surface area is 200 Å². The van der Waals surface area contributed by atoms with E-state index in [1.807, 2.05) is 19.1 Å². The zero-order valence-electron chi connectivity index (χ0n) is 20.2. The van der Waals surface area contributed by atoms with Gasteiger partial charge in [-0.25, -0.2) is 4.79 Å². The Bertz CT molecular complexity index is 1070. The molecule has 1 atom stereocenters. The third-order valence-electron chi connectivity index (χ3n) is 6.28. The average Bonchev–Trinajstić information content (AvgIpc) is 3.11. The number of hydrogen-bond donors (Lipinski definition) is 1. The molecule has 1 heterocycles. The predicted molar refractivity (Wildman–Crippen MR) is 130 cm³/mol. The SMILES string of the molecule is CCN(CC)CCCN1C(=O)C(=O)C(=C(O)c2ccc(C)cc2)C1c1ccc(C(=O)OC)cc1. The van der Waals surface area contributed by atoms with Crippen LogP contribution in [0, 0.1) is 6.92 Å². The van der Waals surface area contributed by atoms with Gasteiger partial charge in [0, 0.05) is 12.1 Å². The normalized spacial score (nSPS) is 17.4. The third kappa shape index (κ3) is 5.20. The highest BCUT2D eigenvalue weighted by Gasteiger charge is 2.45. The second-order valence-corrected chi connectivity index (χ2v) is 8.35. The molecule has 1 amide bonds. The number of aliphatic hydroxyl groups is 1. The number of ether oxygens (including phenoxy) is 1. The fourth-order valence-electron chi connectivity index (χ4n) is 4.25. The lowest BCUT2D eigenvalue weighted by Crippen LogP contribution is -2.33. The summed E-state index contributed by atoms with van der Waals surface area (Å²) in [6, 6.07) is 13.0. The minimum atomic E-state index is -0.746. The molecular formula is C27H32N2O5. The Balaban J connectivity index is 2.03. The van der Waals surface area contributed by atoms with Crippen LogP contribution in [0.15, 0.2) is 54.1 Å². The van der Waals surface area contributed by atoms with Gasteiger partial charge in [0.2, 0.25) is 0 Å². The van der Waals surface area contributed by atoms with Crippen molar-refractivity contribution >= 4 is 23.4 Å². The van der Waals surface area contributed by atoms with Crippen LogP contribution < -0.4 is 0 Å². The molecule has 1 N–H and O–H groups in total. The van der Waals surface area contributed by atoms with Crippen LogP contribution in [-0.2, 0) is 14.3 Å². The van der Waals surface area contributed by atoms with Gasteiger partial charge in [-0.1, -0.05) is 55.8 Å². The first kappa shape index (κ1) is 25.2. The molecule has 0 bridgehead atoms. The summed E-state index contributed by atoms with van der Waals surface area (Å²) < 4.78 is 4.77. The molecule has 0 aliphatic carbocycles. The van der Waals surface area contributed by atoms with Gasteiger partial charge < -0.3 is 19.6 Å². The molecule has 1 aliphatic heterocycles. The van der Waals surface area contributed by atoms with Gasteiger partial charge in [0.1, 0.15) is 5.76 Å². The first-order valence-electron chi connectivity index (χ1n) is 11.6. The van der Waals surface area contributed by atoms with Crippen LogP contribution in [0.2, 0.25) is 0 Å². The second kappa shape index (κ2) is 11.1. The number of Topliss-reactive ketones (excluding diaryl/α,β-unsaturated/α-hetero) is 1. The highest BCUT2D eigenvalue weighted by Crippen LogP contribution is 2.39. The Hall–Kier alpha value is -3.45. The molecule has 34 heavy (non-hydrogen) atoms. The van der Waals surface area contributed by atoms with Crippen molar-refractivity contribution in [2.24, 2.45) is 0 Å². The number of hydrogen-bond acceptors (Lipinski definition) is 6. The number of nitrogens with zero attached hydrogens (tertiary/aromatic N) is 2. The van der Waals surface area contributed by atoms with E-state index in [0.29, 0.717) is 29.7 Å². The molecule has 7 nitrogen and oxygen atoms in total. The van der Waals surface area contributed by atoms with Gasteiger partial charge in [-0.05, 0) is 50.7 Å². The number of carbonyl (C=O) groups is 3. The van der Waals surface area contributed by atoms with Crippen molar-refractivity contribution in [2.45, 2.75) is 33.2 Å². The fraction of sp³-hybridized carbons (Fsp3) is 0.370. The highest BCUT2D eigenvalue weighted by molar-refractivity contribution is 6.46. The summed E-state index contributed by atoms with van der Waals surface area (Å²) in [5.74, 6) is -2.01. The maximum Gasteiger partial charge on any atom is 0.337 e. The highest BCUT2D eigenvalue weighted by atomic mass is 16.5. The molecule has 0 saturated carbocycles. The van der Waals surface area contributed by atoms with E-state index in [2.05, 4.69) is 18.7 Å². The molecule has 0 spiro atoms. The van der Waals surface area contributed by atoms with Gasteiger partial charge in [-0.3, -0.25) is 9.59 Å². The topological polar surface area (TPSA) is 87.2 Å². The van der Waals surface area contributed by atoms with Crippen LogP contribution in [0.1, 0.15) is 53.4 Å². The zero-order chi connectivity index (χ0) is 24.8. The number of methoxy groups -OCH3 is 1. The van der Waals surface area contributed by atoms with Crippen molar-refractivity contribution in [2.75, 3.05) is 33.3 Å². The van der Waals surface area contributed by atoms with E-state index in [9.17, 15) is 19.5 Å². The van der Waals surface area contributed by atoms with Crippen LogP contribution in [0.3, 0.4) is 0 Å². The third-order valence-corrected chi connectivity index (χ3v) is 6.28. The van der Waals surface area contributed by atoms with E-state index in [-0.39, 0.29) is 11.3 Å². The molecular weight excluding hydrogens is 432 g/mol. The lowest BCUT2D eigenvalue weighted by molar-refractivity contribution is -0.140. The largest absolute Gasteiger partial charge is 0.507 e. The number of rotatable bonds is 9. The van der Waals surface area contributed by atoms with Crippen LogP contribution in [-0.4, -0.2) is 65.9 Å². The van der Waals surface area contributed by atoms with Gasteiger partial charge in [-0.2, -0.15) is 0 Å². The van der Waals surface area contributed by atoms with Crippen LogP contribution >= 0.6 is 0 Å². The molecule has 3 rings (SSSR count). The lowest BCUT2D eigenvalue weighted by atomic mass is 9.94. The van der Waals surface area contributed by atoms with Gasteiger partial charge in [0.25, 0.3) is 11.7 Å². The number of amides is 1. The number of benzene rings is 2. The predicted octanol–water partition coefficient (Wildman–Crippen LogP) is 3.94. The zero-order valence-corrected chi connectivity index (χ0v) is 20.2. The number of likely N-dealkylation sites (tertiary alicyclic amines) is 1. The molecule has 7 heteroatoms. The first-order chi connectivity index (χ1) is 16.3. The Kier molecular flexibility index (Phi) is 8.23. The molecule has 1 aliphatic rings. The summed E-state index contributed by atoms with van der Waals surface area (Å²) >= 11 is 0. The second-order valence-electron chi connectivity index (χ2n) is 8.35. The fourth-order valence-corrected chi connectivity index (χ4v) is 4.25. The van der Waals surface area contributed by atoms with Crippen molar-refractivity contribution in [1.82, 2.24) is 9.80 Å². The standard InChI is InChI=1S/C27H32N2O5/c1-5-28(6-2)16-7-17-29-23(19-12-14-21(15-13-19)27(33)34-4)22(25(31)26(29)32)24(30)20-10-8-18(3)9-11-20/h8-15,23,30H,5-7,16-17H2,1-4H3. The van der Waals surface area contributed by atoms with E-state index >= 15 is 0 Å². The minimum absolute atomic E-state index is 0.0579. The van der Waals surface area contributed by atoms with Crippen LogP contribution in [0.25, 0.3) is 5.76 Å². The summed E-state index contributed by atoms with van der Waals surface area (Å²) in [5, 5.41) is 11.1. The number of esters is 1. The maximum atomic E-state index is 13.1. The van der Waals surface area contributed by atoms with Gasteiger partial charge in [0.15, 0.2) is 0 Å². The quantitative estimate of drug-likeness (QED) is 0.262. The van der Waals surface area contributed by atoms with Gasteiger partial charge in [-0.15, -0.1) is 0 Å².